The van der Waals surface area contributed by atoms with E-state index in [-0.39, 0.29) is 17.7 Å². The second kappa shape index (κ2) is 7.28. The molecule has 2 heterocycles. The molecule has 5 heteroatoms. The first-order valence-electron chi connectivity index (χ1n) is 8.36. The predicted octanol–water partition coefficient (Wildman–Crippen LogP) is 3.18. The first-order chi connectivity index (χ1) is 11.6. The quantitative estimate of drug-likeness (QED) is 0.827. The van der Waals surface area contributed by atoms with Gasteiger partial charge in [0.15, 0.2) is 5.78 Å². The van der Waals surface area contributed by atoms with Crippen molar-refractivity contribution < 1.29 is 13.9 Å². The zero-order chi connectivity index (χ0) is 17.1. The minimum absolute atomic E-state index is 0.0643. The van der Waals surface area contributed by atoms with Crippen molar-refractivity contribution >= 4 is 5.78 Å². The summed E-state index contributed by atoms with van der Waals surface area (Å²) in [6, 6.07) is 8.20. The van der Waals surface area contributed by atoms with Crippen LogP contribution in [-0.2, 0) is 4.74 Å². The van der Waals surface area contributed by atoms with Crippen molar-refractivity contribution in [1.82, 2.24) is 9.88 Å². The number of hydrogen-bond acceptors (Lipinski definition) is 3. The van der Waals surface area contributed by atoms with Crippen molar-refractivity contribution in [2.24, 2.45) is 0 Å². The molecule has 0 saturated carbocycles. The van der Waals surface area contributed by atoms with Gasteiger partial charge in [-0.05, 0) is 57.0 Å². The number of rotatable bonds is 6. The molecule has 0 amide bonds. The summed E-state index contributed by atoms with van der Waals surface area (Å²) in [5.41, 5.74) is 3.40. The summed E-state index contributed by atoms with van der Waals surface area (Å²) in [5, 5.41) is 3.20. The van der Waals surface area contributed by atoms with Crippen molar-refractivity contribution in [3.8, 4) is 5.69 Å². The predicted molar refractivity (Wildman–Crippen MR) is 91.4 cm³/mol. The Morgan fingerprint density at radius 1 is 1.33 bits per heavy atom. The molecule has 1 N–H and O–H groups in total. The number of hydrogen-bond donors (Lipinski definition) is 1. The van der Waals surface area contributed by atoms with E-state index in [0.717, 1.165) is 36.5 Å². The zero-order valence-electron chi connectivity index (χ0n) is 14.1. The third-order valence-corrected chi connectivity index (χ3v) is 4.50. The number of benzene rings is 1. The van der Waals surface area contributed by atoms with Crippen LogP contribution in [0, 0.1) is 19.7 Å². The van der Waals surface area contributed by atoms with E-state index >= 15 is 0 Å². The monoisotopic (exact) mass is 330 g/mol. The van der Waals surface area contributed by atoms with E-state index in [0.29, 0.717) is 18.7 Å². The molecule has 1 fully saturated rings. The summed E-state index contributed by atoms with van der Waals surface area (Å²) in [4.78, 5) is 12.5. The maximum atomic E-state index is 13.1. The highest BCUT2D eigenvalue weighted by atomic mass is 19.1. The Kier molecular flexibility index (Phi) is 5.11. The molecule has 0 radical (unpaired) electrons. The van der Waals surface area contributed by atoms with Gasteiger partial charge in [0.25, 0.3) is 0 Å². The molecule has 4 nitrogen and oxygen atoms in total. The van der Waals surface area contributed by atoms with Gasteiger partial charge in [0.1, 0.15) is 5.82 Å². The second-order valence-electron chi connectivity index (χ2n) is 6.29. The average molecular weight is 330 g/mol. The highest BCUT2D eigenvalue weighted by Crippen LogP contribution is 2.21. The maximum Gasteiger partial charge on any atom is 0.178 e. The Morgan fingerprint density at radius 3 is 2.75 bits per heavy atom. The van der Waals surface area contributed by atoms with E-state index in [1.54, 1.807) is 12.1 Å². The smallest absolute Gasteiger partial charge is 0.178 e. The van der Waals surface area contributed by atoms with Gasteiger partial charge in [-0.2, -0.15) is 0 Å². The molecule has 1 aliphatic heterocycles. The summed E-state index contributed by atoms with van der Waals surface area (Å²) in [6.07, 6.45) is 2.38. The van der Waals surface area contributed by atoms with E-state index in [2.05, 4.69) is 5.32 Å². The molecule has 0 spiro atoms. The van der Waals surface area contributed by atoms with Gasteiger partial charge >= 0.3 is 0 Å². The lowest BCUT2D eigenvalue weighted by Gasteiger charge is -2.11. The number of aryl methyl sites for hydroxylation is 1. The van der Waals surface area contributed by atoms with Crippen molar-refractivity contribution in [2.75, 3.05) is 19.7 Å². The Bertz CT molecular complexity index is 716. The van der Waals surface area contributed by atoms with Crippen molar-refractivity contribution in [1.29, 1.82) is 0 Å². The number of aromatic nitrogens is 1. The minimum Gasteiger partial charge on any atom is -0.377 e. The van der Waals surface area contributed by atoms with Gasteiger partial charge in [0, 0.05) is 35.8 Å². The van der Waals surface area contributed by atoms with Crippen LogP contribution < -0.4 is 5.32 Å². The van der Waals surface area contributed by atoms with Crippen LogP contribution in [0.2, 0.25) is 0 Å². The van der Waals surface area contributed by atoms with Gasteiger partial charge in [0.05, 0.1) is 12.6 Å². The van der Waals surface area contributed by atoms with Crippen molar-refractivity contribution in [3.63, 3.8) is 0 Å². The highest BCUT2D eigenvalue weighted by Gasteiger charge is 2.18. The van der Waals surface area contributed by atoms with Crippen LogP contribution >= 0.6 is 0 Å². The molecule has 0 aliphatic carbocycles. The minimum atomic E-state index is -0.268. The molecule has 1 aliphatic rings. The van der Waals surface area contributed by atoms with Crippen LogP contribution in [0.25, 0.3) is 5.69 Å². The molecule has 128 valence electrons. The SMILES string of the molecule is Cc1cc(C(=O)CNCC2CCCO2)c(C)n1-c1ccc(F)cc1. The number of ketones is 1. The summed E-state index contributed by atoms with van der Waals surface area (Å²) in [6.45, 7) is 5.70. The van der Waals surface area contributed by atoms with E-state index in [4.69, 9.17) is 4.74 Å². The lowest BCUT2D eigenvalue weighted by Crippen LogP contribution is -2.31. The van der Waals surface area contributed by atoms with E-state index in [1.165, 1.54) is 12.1 Å². The summed E-state index contributed by atoms with van der Waals surface area (Å²) < 4.78 is 20.6. The molecular formula is C19H23FN2O2. The van der Waals surface area contributed by atoms with Crippen LogP contribution in [0.15, 0.2) is 30.3 Å². The zero-order valence-corrected chi connectivity index (χ0v) is 14.1. The molecule has 1 atom stereocenters. The average Bonchev–Trinajstić information content (AvgIpc) is 3.17. The van der Waals surface area contributed by atoms with Crippen LogP contribution in [0.1, 0.15) is 34.6 Å². The first kappa shape index (κ1) is 16.9. The second-order valence-corrected chi connectivity index (χ2v) is 6.29. The molecule has 24 heavy (non-hydrogen) atoms. The molecule has 1 aromatic carbocycles. The molecular weight excluding hydrogens is 307 g/mol. The summed E-state index contributed by atoms with van der Waals surface area (Å²) in [7, 11) is 0. The van der Waals surface area contributed by atoms with Crippen LogP contribution in [0.5, 0.6) is 0 Å². The highest BCUT2D eigenvalue weighted by molar-refractivity contribution is 5.99. The third-order valence-electron chi connectivity index (χ3n) is 4.50. The molecule has 1 saturated heterocycles. The third kappa shape index (κ3) is 3.57. The Morgan fingerprint density at radius 2 is 2.08 bits per heavy atom. The number of nitrogens with one attached hydrogen (secondary N) is 1. The summed E-state index contributed by atoms with van der Waals surface area (Å²) in [5.74, 6) is -0.203. The van der Waals surface area contributed by atoms with Gasteiger partial charge < -0.3 is 14.6 Å². The standard InChI is InChI=1S/C19H23FN2O2/c1-13-10-18(19(23)12-21-11-17-4-3-9-24-17)14(2)22(13)16-7-5-15(20)6-8-16/h5-8,10,17,21H,3-4,9,11-12H2,1-2H3. The fourth-order valence-electron chi connectivity index (χ4n) is 3.28. The summed E-state index contributed by atoms with van der Waals surface area (Å²) >= 11 is 0. The lowest BCUT2D eigenvalue weighted by molar-refractivity contribution is 0.0955. The maximum absolute atomic E-state index is 13.1. The van der Waals surface area contributed by atoms with E-state index in [9.17, 15) is 9.18 Å². The van der Waals surface area contributed by atoms with Crippen LogP contribution in [0.3, 0.4) is 0 Å². The Labute approximate surface area is 141 Å². The number of carbonyl (C=O) groups is 1. The Balaban J connectivity index is 1.70. The Hall–Kier alpha value is -1.98. The van der Waals surface area contributed by atoms with Crippen molar-refractivity contribution in [2.45, 2.75) is 32.8 Å². The van der Waals surface area contributed by atoms with Crippen molar-refractivity contribution in [3.05, 3.63) is 53.1 Å². The van der Waals surface area contributed by atoms with Gasteiger partial charge in [0.2, 0.25) is 0 Å². The van der Waals surface area contributed by atoms with Crippen LogP contribution in [0.4, 0.5) is 4.39 Å². The number of Topliss-reactive ketones (excluding diaryl/α,β-unsaturated/α-hetero) is 1. The number of ether oxygens (including phenoxy) is 1. The fraction of sp³-hybridized carbons (Fsp3) is 0.421. The lowest BCUT2D eigenvalue weighted by atomic mass is 10.1. The van der Waals surface area contributed by atoms with Gasteiger partial charge in [-0.15, -0.1) is 0 Å². The fourth-order valence-corrected chi connectivity index (χ4v) is 3.28. The topological polar surface area (TPSA) is 43.3 Å². The van der Waals surface area contributed by atoms with Gasteiger partial charge in [-0.3, -0.25) is 4.79 Å². The van der Waals surface area contributed by atoms with E-state index in [1.807, 2.05) is 24.5 Å². The van der Waals surface area contributed by atoms with Gasteiger partial charge in [-0.1, -0.05) is 0 Å². The van der Waals surface area contributed by atoms with Crippen LogP contribution in [-0.4, -0.2) is 36.2 Å². The molecule has 1 aromatic heterocycles. The molecule has 1 unspecified atom stereocenters. The first-order valence-corrected chi connectivity index (χ1v) is 8.36. The normalized spacial score (nSPS) is 17.4. The molecule has 0 bridgehead atoms. The van der Waals surface area contributed by atoms with Gasteiger partial charge in [-0.25, -0.2) is 4.39 Å². The molecule has 2 aromatic rings. The number of halogens is 1. The van der Waals surface area contributed by atoms with E-state index < -0.39 is 0 Å². The largest absolute Gasteiger partial charge is 0.377 e. The molecule has 3 rings (SSSR count). The number of nitrogens with zero attached hydrogens (tertiary/aromatic N) is 1. The number of carbonyl (C=O) groups excluding carboxylic acids is 1.